The monoisotopic (exact) mass is 384 g/mol. The van der Waals surface area contributed by atoms with Crippen LogP contribution in [-0.2, 0) is 9.53 Å². The molecule has 3 heteroatoms. The van der Waals surface area contributed by atoms with E-state index >= 15 is 0 Å². The van der Waals surface area contributed by atoms with Gasteiger partial charge in [0.2, 0.25) is 0 Å². The summed E-state index contributed by atoms with van der Waals surface area (Å²) in [6, 6.07) is 0. The molecule has 0 amide bonds. The van der Waals surface area contributed by atoms with E-state index in [1.165, 1.54) is 70.6 Å². The van der Waals surface area contributed by atoms with Crippen LogP contribution in [0.4, 0.5) is 0 Å². The molecule has 0 aromatic rings. The summed E-state index contributed by atoms with van der Waals surface area (Å²) < 4.78 is 5.72. The average molecular weight is 385 g/mol. The Kier molecular flexibility index (Phi) is 15.3. The lowest BCUT2D eigenvalue weighted by Gasteiger charge is -2.26. The second-order valence-electron chi connectivity index (χ2n) is 9.34. The average Bonchev–Trinajstić information content (AvgIpc) is 2.57. The fourth-order valence-electron chi connectivity index (χ4n) is 3.24. The summed E-state index contributed by atoms with van der Waals surface area (Å²) in [5.41, 5.74) is -1.48. The molecule has 0 fully saturated rings. The molecule has 0 bridgehead atoms. The van der Waals surface area contributed by atoms with Gasteiger partial charge in [-0.3, -0.25) is 4.79 Å². The summed E-state index contributed by atoms with van der Waals surface area (Å²) in [7, 11) is 0. The van der Waals surface area contributed by atoms with Gasteiger partial charge >= 0.3 is 0 Å². The molecule has 27 heavy (non-hydrogen) atoms. The molecule has 0 aromatic heterocycles. The molecule has 0 saturated heterocycles. The Labute approximate surface area is 169 Å². The molecule has 0 aromatic carbocycles. The Hall–Kier alpha value is -0.410. The van der Waals surface area contributed by atoms with E-state index in [0.717, 1.165) is 12.8 Å². The summed E-state index contributed by atoms with van der Waals surface area (Å²) >= 11 is 0. The summed E-state index contributed by atoms with van der Waals surface area (Å²) in [4.78, 5) is 12.3. The number of ketones is 1. The molecule has 0 radical (unpaired) electrons. The van der Waals surface area contributed by atoms with E-state index in [0.29, 0.717) is 19.4 Å². The van der Waals surface area contributed by atoms with E-state index in [9.17, 15) is 9.90 Å². The van der Waals surface area contributed by atoms with Crippen molar-refractivity contribution in [1.29, 1.82) is 0 Å². The normalized spacial score (nSPS) is 12.5. The van der Waals surface area contributed by atoms with Gasteiger partial charge in [-0.25, -0.2) is 0 Å². The first kappa shape index (κ1) is 26.6. The first-order chi connectivity index (χ1) is 12.7. The minimum atomic E-state index is -0.742. The molecule has 162 valence electrons. The Morgan fingerprint density at radius 1 is 0.741 bits per heavy atom. The smallest absolute Gasteiger partial charge is 0.164 e. The molecular weight excluding hydrogens is 336 g/mol. The molecule has 0 saturated carbocycles. The first-order valence-electron chi connectivity index (χ1n) is 11.6. The Balaban J connectivity index is 3.51. The van der Waals surface area contributed by atoms with Gasteiger partial charge in [-0.1, -0.05) is 84.0 Å². The van der Waals surface area contributed by atoms with Crippen LogP contribution in [0.1, 0.15) is 131 Å². The van der Waals surface area contributed by atoms with E-state index in [4.69, 9.17) is 4.74 Å². The summed E-state index contributed by atoms with van der Waals surface area (Å²) in [5.74, 6) is 0.182. The van der Waals surface area contributed by atoms with Crippen molar-refractivity contribution in [2.24, 2.45) is 0 Å². The van der Waals surface area contributed by atoms with Gasteiger partial charge in [0.05, 0.1) is 12.2 Å². The maximum absolute atomic E-state index is 12.3. The largest absolute Gasteiger partial charge is 0.390 e. The van der Waals surface area contributed by atoms with Crippen LogP contribution in [0.25, 0.3) is 0 Å². The van der Waals surface area contributed by atoms with Gasteiger partial charge in [0.15, 0.2) is 5.78 Å². The van der Waals surface area contributed by atoms with E-state index in [1.807, 2.05) is 13.8 Å². The second kappa shape index (κ2) is 15.5. The Morgan fingerprint density at radius 3 is 1.56 bits per heavy atom. The standard InChI is InChI=1S/C24H48O3/c1-6-7-8-9-10-11-12-13-14-15-16-17-18-19-22(25)24(4,5)27-21-20-23(2,3)26/h26H,6-21H2,1-5H3. The lowest BCUT2D eigenvalue weighted by Crippen LogP contribution is -2.36. The zero-order valence-corrected chi connectivity index (χ0v) is 19.1. The Morgan fingerprint density at radius 2 is 1.15 bits per heavy atom. The van der Waals surface area contributed by atoms with Crippen LogP contribution in [0.2, 0.25) is 0 Å². The van der Waals surface area contributed by atoms with E-state index < -0.39 is 11.2 Å². The summed E-state index contributed by atoms with van der Waals surface area (Å²) in [6.07, 6.45) is 18.3. The van der Waals surface area contributed by atoms with Gasteiger partial charge in [-0.05, 0) is 40.5 Å². The van der Waals surface area contributed by atoms with Gasteiger partial charge in [-0.15, -0.1) is 0 Å². The van der Waals surface area contributed by atoms with Crippen molar-refractivity contribution < 1.29 is 14.6 Å². The lowest BCUT2D eigenvalue weighted by molar-refractivity contribution is -0.142. The van der Waals surface area contributed by atoms with Crippen LogP contribution in [0.15, 0.2) is 0 Å². The number of ether oxygens (including phenoxy) is 1. The first-order valence-corrected chi connectivity index (χ1v) is 11.6. The fourth-order valence-corrected chi connectivity index (χ4v) is 3.24. The van der Waals surface area contributed by atoms with Crippen LogP contribution in [0.5, 0.6) is 0 Å². The van der Waals surface area contributed by atoms with Crippen molar-refractivity contribution in [2.75, 3.05) is 6.61 Å². The van der Waals surface area contributed by atoms with Crippen molar-refractivity contribution in [2.45, 2.75) is 142 Å². The van der Waals surface area contributed by atoms with E-state index in [2.05, 4.69) is 6.92 Å². The van der Waals surface area contributed by atoms with Crippen LogP contribution < -0.4 is 0 Å². The van der Waals surface area contributed by atoms with Gasteiger partial charge in [0.1, 0.15) is 5.60 Å². The molecule has 0 unspecified atom stereocenters. The van der Waals surface area contributed by atoms with E-state index in [-0.39, 0.29) is 5.78 Å². The summed E-state index contributed by atoms with van der Waals surface area (Å²) in [5, 5.41) is 9.72. The van der Waals surface area contributed by atoms with Crippen molar-refractivity contribution in [3.8, 4) is 0 Å². The maximum atomic E-state index is 12.3. The molecule has 0 spiro atoms. The quantitative estimate of drug-likeness (QED) is 0.244. The van der Waals surface area contributed by atoms with Crippen LogP contribution >= 0.6 is 0 Å². The highest BCUT2D eigenvalue weighted by Gasteiger charge is 2.28. The van der Waals surface area contributed by atoms with Crippen molar-refractivity contribution in [1.82, 2.24) is 0 Å². The molecule has 0 atom stereocenters. The summed E-state index contributed by atoms with van der Waals surface area (Å²) in [6.45, 7) is 9.91. The SMILES string of the molecule is CCCCCCCCCCCCCCCC(=O)C(C)(C)OCCC(C)(C)O. The third kappa shape index (κ3) is 17.4. The second-order valence-corrected chi connectivity index (χ2v) is 9.34. The van der Waals surface area contributed by atoms with Crippen LogP contribution in [-0.4, -0.2) is 28.7 Å². The molecule has 1 N–H and O–H groups in total. The third-order valence-corrected chi connectivity index (χ3v) is 5.36. The number of hydrogen-bond acceptors (Lipinski definition) is 3. The minimum absolute atomic E-state index is 0.182. The molecule has 0 aliphatic rings. The highest BCUT2D eigenvalue weighted by Crippen LogP contribution is 2.19. The highest BCUT2D eigenvalue weighted by molar-refractivity contribution is 5.86. The molecular formula is C24H48O3. The molecule has 0 aliphatic carbocycles. The number of rotatable bonds is 19. The van der Waals surface area contributed by atoms with E-state index in [1.54, 1.807) is 13.8 Å². The maximum Gasteiger partial charge on any atom is 0.164 e. The number of unbranched alkanes of at least 4 members (excludes halogenated alkanes) is 12. The highest BCUT2D eigenvalue weighted by atomic mass is 16.5. The lowest BCUT2D eigenvalue weighted by atomic mass is 9.97. The van der Waals surface area contributed by atoms with Crippen LogP contribution in [0, 0.1) is 0 Å². The van der Waals surface area contributed by atoms with Gasteiger partial charge in [-0.2, -0.15) is 0 Å². The predicted octanol–water partition coefficient (Wildman–Crippen LogP) is 6.99. The van der Waals surface area contributed by atoms with Crippen molar-refractivity contribution in [3.63, 3.8) is 0 Å². The van der Waals surface area contributed by atoms with Gasteiger partial charge in [0, 0.05) is 6.42 Å². The fraction of sp³-hybridized carbons (Fsp3) is 0.958. The molecule has 0 heterocycles. The van der Waals surface area contributed by atoms with Crippen LogP contribution in [0.3, 0.4) is 0 Å². The van der Waals surface area contributed by atoms with Crippen molar-refractivity contribution >= 4 is 5.78 Å². The number of aliphatic hydroxyl groups is 1. The number of hydrogen-bond donors (Lipinski definition) is 1. The zero-order chi connectivity index (χ0) is 20.6. The zero-order valence-electron chi connectivity index (χ0n) is 19.1. The Bertz CT molecular complexity index is 355. The van der Waals surface area contributed by atoms with Gasteiger partial charge in [0.25, 0.3) is 0 Å². The number of carbonyl (C=O) groups excluding carboxylic acids is 1. The molecule has 0 aliphatic heterocycles. The molecule has 3 nitrogen and oxygen atoms in total. The third-order valence-electron chi connectivity index (χ3n) is 5.36. The number of Topliss-reactive ketones (excluding diaryl/α,β-unsaturated/α-hetero) is 1. The molecule has 0 rings (SSSR count). The minimum Gasteiger partial charge on any atom is -0.390 e. The number of carbonyl (C=O) groups is 1. The predicted molar refractivity (Wildman–Crippen MR) is 116 cm³/mol. The van der Waals surface area contributed by atoms with Crippen molar-refractivity contribution in [3.05, 3.63) is 0 Å². The van der Waals surface area contributed by atoms with Gasteiger partial charge < -0.3 is 9.84 Å². The topological polar surface area (TPSA) is 46.5 Å².